The molecule has 0 saturated heterocycles. The van der Waals surface area contributed by atoms with Gasteiger partial charge in [-0.15, -0.1) is 11.6 Å². The Morgan fingerprint density at radius 2 is 1.69 bits per heavy atom. The molecule has 0 N–H and O–H groups in total. The van der Waals surface area contributed by atoms with Crippen LogP contribution in [-0.2, 0) is 5.88 Å². The highest BCUT2D eigenvalue weighted by atomic mass is 35.5. The molecule has 0 saturated carbocycles. The van der Waals surface area contributed by atoms with E-state index in [9.17, 15) is 0 Å². The molecule has 0 spiro atoms. The summed E-state index contributed by atoms with van der Waals surface area (Å²) < 4.78 is 0. The fourth-order valence-corrected chi connectivity index (χ4v) is 2.82. The summed E-state index contributed by atoms with van der Waals surface area (Å²) in [6, 6.07) is 16.2. The van der Waals surface area contributed by atoms with Crippen LogP contribution in [-0.4, -0.2) is 0 Å². The summed E-state index contributed by atoms with van der Waals surface area (Å²) in [4.78, 5) is 2.34. The molecule has 2 rings (SSSR count). The van der Waals surface area contributed by atoms with Crippen LogP contribution in [0.5, 0.6) is 0 Å². The predicted molar refractivity (Wildman–Crippen MR) is 71.6 cm³/mol. The lowest BCUT2D eigenvalue weighted by atomic mass is 10.2. The summed E-state index contributed by atoms with van der Waals surface area (Å²) in [5, 5.41) is 0.732. The summed E-state index contributed by atoms with van der Waals surface area (Å²) in [5.74, 6) is 0.453. The number of halogens is 2. The molecular weight excluding hydrogens is 259 g/mol. The van der Waals surface area contributed by atoms with Gasteiger partial charge in [-0.05, 0) is 29.8 Å². The molecule has 82 valence electrons. The van der Waals surface area contributed by atoms with E-state index in [1.807, 2.05) is 36.4 Å². The molecule has 0 atom stereocenters. The second-order valence-electron chi connectivity index (χ2n) is 3.30. The molecule has 3 heteroatoms. The van der Waals surface area contributed by atoms with Crippen molar-refractivity contribution in [1.29, 1.82) is 0 Å². The molecule has 16 heavy (non-hydrogen) atoms. The van der Waals surface area contributed by atoms with Crippen molar-refractivity contribution in [2.45, 2.75) is 15.7 Å². The minimum Gasteiger partial charge on any atom is -0.121 e. The van der Waals surface area contributed by atoms with E-state index < -0.39 is 0 Å². The van der Waals surface area contributed by atoms with Crippen molar-refractivity contribution in [2.75, 3.05) is 0 Å². The van der Waals surface area contributed by atoms with Crippen molar-refractivity contribution < 1.29 is 0 Å². The normalized spacial score (nSPS) is 10.4. The third-order valence-corrected chi connectivity index (χ3v) is 3.78. The molecule has 0 aliphatic rings. The second-order valence-corrected chi connectivity index (χ2v) is 5.12. The zero-order valence-corrected chi connectivity index (χ0v) is 10.8. The van der Waals surface area contributed by atoms with Crippen LogP contribution >= 0.6 is 35.0 Å². The Balaban J connectivity index is 2.20. The molecule has 0 aromatic heterocycles. The molecule has 0 unspecified atom stereocenters. The number of rotatable bonds is 3. The first-order chi connectivity index (χ1) is 7.79. The van der Waals surface area contributed by atoms with Gasteiger partial charge in [0.15, 0.2) is 0 Å². The third kappa shape index (κ3) is 2.94. The molecule has 0 amide bonds. The van der Waals surface area contributed by atoms with Gasteiger partial charge < -0.3 is 0 Å². The van der Waals surface area contributed by atoms with E-state index in [0.717, 1.165) is 15.5 Å². The molecule has 0 aliphatic heterocycles. The van der Waals surface area contributed by atoms with Crippen LogP contribution in [0.15, 0.2) is 58.3 Å². The van der Waals surface area contributed by atoms with Gasteiger partial charge in [0.05, 0.1) is 0 Å². The maximum absolute atomic E-state index is 6.10. The first-order valence-electron chi connectivity index (χ1n) is 4.87. The summed E-state index contributed by atoms with van der Waals surface area (Å²) >= 11 is 13.5. The lowest BCUT2D eigenvalue weighted by Crippen LogP contribution is -1.81. The molecule has 0 fully saturated rings. The van der Waals surface area contributed by atoms with Gasteiger partial charge in [0.2, 0.25) is 0 Å². The van der Waals surface area contributed by atoms with Crippen molar-refractivity contribution in [3.63, 3.8) is 0 Å². The molecule has 0 nitrogen and oxygen atoms in total. The number of alkyl halides is 1. The number of hydrogen-bond acceptors (Lipinski definition) is 1. The van der Waals surface area contributed by atoms with Crippen LogP contribution < -0.4 is 0 Å². The van der Waals surface area contributed by atoms with Gasteiger partial charge in [-0.25, -0.2) is 0 Å². The summed E-state index contributed by atoms with van der Waals surface area (Å²) in [6.07, 6.45) is 0. The highest BCUT2D eigenvalue weighted by Crippen LogP contribution is 2.30. The van der Waals surface area contributed by atoms with E-state index in [-0.39, 0.29) is 0 Å². The zero-order chi connectivity index (χ0) is 11.4. The van der Waals surface area contributed by atoms with Crippen molar-refractivity contribution >= 4 is 35.0 Å². The monoisotopic (exact) mass is 268 g/mol. The Morgan fingerprint density at radius 1 is 0.938 bits per heavy atom. The Morgan fingerprint density at radius 3 is 2.31 bits per heavy atom. The molecular formula is C13H10Cl2S. The van der Waals surface area contributed by atoms with Gasteiger partial charge >= 0.3 is 0 Å². The highest BCUT2D eigenvalue weighted by molar-refractivity contribution is 7.99. The van der Waals surface area contributed by atoms with Crippen LogP contribution in [0.4, 0.5) is 0 Å². The Bertz CT molecular complexity index is 469. The Labute approximate surface area is 110 Å². The van der Waals surface area contributed by atoms with Crippen LogP contribution in [0.2, 0.25) is 5.02 Å². The van der Waals surface area contributed by atoms with E-state index in [1.165, 1.54) is 4.90 Å². The van der Waals surface area contributed by atoms with Crippen LogP contribution in [0.25, 0.3) is 0 Å². The van der Waals surface area contributed by atoms with Crippen LogP contribution in [0, 0.1) is 0 Å². The molecule has 2 aromatic rings. The van der Waals surface area contributed by atoms with E-state index in [0.29, 0.717) is 5.88 Å². The van der Waals surface area contributed by atoms with Crippen LogP contribution in [0.1, 0.15) is 5.56 Å². The van der Waals surface area contributed by atoms with E-state index in [1.54, 1.807) is 11.8 Å². The maximum atomic E-state index is 6.10. The zero-order valence-electron chi connectivity index (χ0n) is 8.49. The average Bonchev–Trinajstić information content (AvgIpc) is 2.31. The SMILES string of the molecule is ClCc1ccc(Sc2ccccc2)cc1Cl. The van der Waals surface area contributed by atoms with E-state index >= 15 is 0 Å². The summed E-state index contributed by atoms with van der Waals surface area (Å²) in [6.45, 7) is 0. The van der Waals surface area contributed by atoms with Crippen molar-refractivity contribution in [2.24, 2.45) is 0 Å². The Hall–Kier alpha value is -0.630. The van der Waals surface area contributed by atoms with Gasteiger partial charge in [0.25, 0.3) is 0 Å². The summed E-state index contributed by atoms with van der Waals surface area (Å²) in [5.41, 5.74) is 0.973. The smallest absolute Gasteiger partial charge is 0.0488 e. The highest BCUT2D eigenvalue weighted by Gasteiger charge is 2.02. The first-order valence-corrected chi connectivity index (χ1v) is 6.60. The summed E-state index contributed by atoms with van der Waals surface area (Å²) in [7, 11) is 0. The fourth-order valence-electron chi connectivity index (χ4n) is 1.32. The minimum absolute atomic E-state index is 0.453. The second kappa shape index (κ2) is 5.62. The topological polar surface area (TPSA) is 0 Å². The lowest BCUT2D eigenvalue weighted by Gasteiger charge is -2.04. The van der Waals surface area contributed by atoms with Gasteiger partial charge in [-0.2, -0.15) is 0 Å². The van der Waals surface area contributed by atoms with Gasteiger partial charge in [-0.1, -0.05) is 47.6 Å². The Kier molecular flexibility index (Phi) is 4.16. The van der Waals surface area contributed by atoms with Gasteiger partial charge in [-0.3, -0.25) is 0 Å². The van der Waals surface area contributed by atoms with Gasteiger partial charge in [0.1, 0.15) is 0 Å². The van der Waals surface area contributed by atoms with E-state index in [4.69, 9.17) is 23.2 Å². The lowest BCUT2D eigenvalue weighted by molar-refractivity contribution is 1.33. The minimum atomic E-state index is 0.453. The van der Waals surface area contributed by atoms with Crippen molar-refractivity contribution in [1.82, 2.24) is 0 Å². The first kappa shape index (κ1) is 11.8. The molecule has 0 heterocycles. The molecule has 2 aromatic carbocycles. The quantitative estimate of drug-likeness (QED) is 0.687. The molecule has 0 bridgehead atoms. The molecule has 0 aliphatic carbocycles. The molecule has 0 radical (unpaired) electrons. The standard InChI is InChI=1S/C13H10Cl2S/c14-9-10-6-7-12(8-13(10)15)16-11-4-2-1-3-5-11/h1-8H,9H2. The number of benzene rings is 2. The maximum Gasteiger partial charge on any atom is 0.0488 e. The van der Waals surface area contributed by atoms with Crippen LogP contribution in [0.3, 0.4) is 0 Å². The predicted octanol–water partition coefficient (Wildman–Crippen LogP) is 5.23. The van der Waals surface area contributed by atoms with Gasteiger partial charge in [0, 0.05) is 20.7 Å². The van der Waals surface area contributed by atoms with Crippen molar-refractivity contribution in [3.8, 4) is 0 Å². The average molecular weight is 269 g/mol. The largest absolute Gasteiger partial charge is 0.121 e. The third-order valence-electron chi connectivity index (χ3n) is 2.15. The van der Waals surface area contributed by atoms with E-state index in [2.05, 4.69) is 12.1 Å². The fraction of sp³-hybridized carbons (Fsp3) is 0.0769. The van der Waals surface area contributed by atoms with Crippen molar-refractivity contribution in [3.05, 3.63) is 59.1 Å². The number of hydrogen-bond donors (Lipinski definition) is 0.